The maximum atomic E-state index is 11.2. The van der Waals surface area contributed by atoms with Crippen LogP contribution in [-0.2, 0) is 85.3 Å². The maximum Gasteiger partial charge on any atom is 0.333 e. The minimum Gasteiger partial charge on any atom is -0.460 e. The Morgan fingerprint density at radius 2 is 0.439 bits per heavy atom. The normalized spacial score (nSPS) is 11.5. The Hall–Kier alpha value is -1.47. The lowest BCUT2D eigenvalue weighted by Crippen LogP contribution is -2.16. The number of aliphatic hydroxyl groups is 1. The maximum absolute atomic E-state index is 11.2. The molecule has 19 heteroatoms. The van der Waals surface area contributed by atoms with Crippen molar-refractivity contribution in [1.82, 2.24) is 0 Å². The molecule has 0 fully saturated rings. The fourth-order valence-electron chi connectivity index (χ4n) is 3.78. The summed E-state index contributed by atoms with van der Waals surface area (Å²) in [7, 11) is 0. The highest BCUT2D eigenvalue weighted by atomic mass is 16.6. The van der Waals surface area contributed by atoms with Crippen molar-refractivity contribution in [2.45, 2.75) is 6.92 Å². The van der Waals surface area contributed by atoms with Crippen molar-refractivity contribution < 1.29 is 90.4 Å². The second-order valence-electron chi connectivity index (χ2n) is 11.4. The van der Waals surface area contributed by atoms with Gasteiger partial charge in [-0.2, -0.15) is 0 Å². The van der Waals surface area contributed by atoms with E-state index in [-0.39, 0.29) is 13.2 Å². The summed E-state index contributed by atoms with van der Waals surface area (Å²) in [5.74, 6) is -0.417. The molecule has 0 aliphatic carbocycles. The Morgan fingerprint density at radius 1 is 0.298 bits per heavy atom. The highest BCUT2D eigenvalue weighted by Crippen LogP contribution is 1.92. The third kappa shape index (κ3) is 50.6. The third-order valence-corrected chi connectivity index (χ3v) is 6.63. The molecule has 340 valence electrons. The summed E-state index contributed by atoms with van der Waals surface area (Å²) in [6, 6.07) is 0. The molecule has 0 bridgehead atoms. The molecule has 0 unspecified atom stereocenters. The second-order valence-corrected chi connectivity index (χ2v) is 11.4. The Labute approximate surface area is 339 Å². The van der Waals surface area contributed by atoms with Gasteiger partial charge < -0.3 is 85.6 Å². The second kappa shape index (κ2) is 50.7. The van der Waals surface area contributed by atoms with Gasteiger partial charge in [0.1, 0.15) is 6.61 Å². The van der Waals surface area contributed by atoms with Gasteiger partial charge in [-0.05, 0) is 6.92 Å². The zero-order valence-corrected chi connectivity index (χ0v) is 34.5. The molecule has 0 radical (unpaired) electrons. The minimum atomic E-state index is -0.417. The number of carbonyl (C=O) groups is 1. The van der Waals surface area contributed by atoms with Crippen LogP contribution in [0.4, 0.5) is 0 Å². The van der Waals surface area contributed by atoms with Crippen LogP contribution in [0, 0.1) is 0 Å². The number of aliphatic hydroxyl groups excluding tert-OH is 1. The monoisotopic (exact) mass is 834 g/mol. The van der Waals surface area contributed by atoms with E-state index in [4.69, 9.17) is 85.6 Å². The van der Waals surface area contributed by atoms with Gasteiger partial charge in [0, 0.05) is 5.57 Å². The van der Waals surface area contributed by atoms with E-state index < -0.39 is 5.97 Å². The largest absolute Gasteiger partial charge is 0.460 e. The minimum absolute atomic E-state index is 0.0194. The van der Waals surface area contributed by atoms with Gasteiger partial charge in [0.15, 0.2) is 0 Å². The summed E-state index contributed by atoms with van der Waals surface area (Å²) in [4.78, 5) is 11.2. The van der Waals surface area contributed by atoms with Gasteiger partial charge in [0.2, 0.25) is 0 Å². The van der Waals surface area contributed by atoms with Gasteiger partial charge in [-0.1, -0.05) is 6.58 Å². The molecule has 0 spiro atoms. The summed E-state index contributed by atoms with van der Waals surface area (Å²) < 4.78 is 91.7. The lowest BCUT2D eigenvalue weighted by molar-refractivity contribution is -0.140. The first-order valence-electron chi connectivity index (χ1n) is 19.9. The molecule has 57 heavy (non-hydrogen) atoms. The summed E-state index contributed by atoms with van der Waals surface area (Å²) in [5.41, 5.74) is 0.366. The van der Waals surface area contributed by atoms with Gasteiger partial charge in [0.05, 0.1) is 218 Å². The van der Waals surface area contributed by atoms with Crippen LogP contribution in [0.25, 0.3) is 0 Å². The fraction of sp³-hybridized carbons (Fsp3) is 0.921. The quantitative estimate of drug-likeness (QED) is 0.0501. The molecule has 0 atom stereocenters. The van der Waals surface area contributed by atoms with E-state index in [1.807, 2.05) is 0 Å². The van der Waals surface area contributed by atoms with Gasteiger partial charge in [-0.3, -0.25) is 0 Å². The molecule has 0 amide bonds. The van der Waals surface area contributed by atoms with Crippen molar-refractivity contribution in [1.29, 1.82) is 0 Å². The highest BCUT2D eigenvalue weighted by Gasteiger charge is 2.02. The molecular weight excluding hydrogens is 760 g/mol. The van der Waals surface area contributed by atoms with Gasteiger partial charge >= 0.3 is 5.97 Å². The van der Waals surface area contributed by atoms with Crippen LogP contribution in [0.15, 0.2) is 12.2 Å². The summed E-state index contributed by atoms with van der Waals surface area (Å²) in [6.07, 6.45) is 0. The zero-order valence-electron chi connectivity index (χ0n) is 34.5. The Kier molecular flexibility index (Phi) is 49.4. The zero-order chi connectivity index (χ0) is 41.2. The van der Waals surface area contributed by atoms with E-state index in [0.29, 0.717) is 217 Å². The Balaban J connectivity index is 3.07. The summed E-state index contributed by atoms with van der Waals surface area (Å²) >= 11 is 0. The molecule has 0 saturated heterocycles. The van der Waals surface area contributed by atoms with Crippen molar-refractivity contribution >= 4 is 5.97 Å². The molecule has 0 aromatic heterocycles. The predicted molar refractivity (Wildman–Crippen MR) is 206 cm³/mol. The number of hydrogen-bond acceptors (Lipinski definition) is 19. The van der Waals surface area contributed by atoms with E-state index in [0.717, 1.165) is 0 Å². The van der Waals surface area contributed by atoms with E-state index in [1.54, 1.807) is 6.92 Å². The topological polar surface area (TPSA) is 194 Å². The molecule has 0 aliphatic heterocycles. The molecule has 0 aromatic carbocycles. The number of ether oxygens (including phenoxy) is 17. The average molecular weight is 835 g/mol. The van der Waals surface area contributed by atoms with E-state index in [1.165, 1.54) is 0 Å². The lowest BCUT2D eigenvalue weighted by Gasteiger charge is -2.09. The Bertz CT molecular complexity index is 797. The smallest absolute Gasteiger partial charge is 0.333 e. The molecular formula is C38H74O19. The molecule has 0 aliphatic rings. The van der Waals surface area contributed by atoms with Crippen molar-refractivity contribution in [3.05, 3.63) is 12.2 Å². The van der Waals surface area contributed by atoms with Crippen LogP contribution in [0.3, 0.4) is 0 Å². The van der Waals surface area contributed by atoms with Crippen molar-refractivity contribution in [3.63, 3.8) is 0 Å². The highest BCUT2D eigenvalue weighted by molar-refractivity contribution is 5.86. The van der Waals surface area contributed by atoms with Crippen LogP contribution >= 0.6 is 0 Å². The summed E-state index contributed by atoms with van der Waals surface area (Å²) in [5, 5.41) is 8.59. The first-order valence-corrected chi connectivity index (χ1v) is 19.9. The predicted octanol–water partition coefficient (Wildman–Crippen LogP) is 0.364. The summed E-state index contributed by atoms with van der Waals surface area (Å²) in [6.45, 7) is 20.4. The number of carbonyl (C=O) groups excluding carboxylic acids is 1. The molecule has 0 saturated carbocycles. The van der Waals surface area contributed by atoms with E-state index in [2.05, 4.69) is 6.58 Å². The van der Waals surface area contributed by atoms with Gasteiger partial charge in [-0.15, -0.1) is 0 Å². The number of esters is 1. The SMILES string of the molecule is C=C(C)C(=O)OCCOCCOCCOCCOCCOCCOCCOCCOCCOCCOCCOCCOCCOCCOCCOCCOCCO. The van der Waals surface area contributed by atoms with Crippen LogP contribution < -0.4 is 0 Å². The standard InChI is InChI=1S/C38H74O19/c1-37(2)38(40)57-36-35-56-34-33-55-32-31-54-30-29-53-28-27-52-26-25-51-24-23-50-22-21-49-20-19-48-18-17-47-16-15-46-14-13-45-12-11-44-10-9-43-8-7-42-6-5-41-4-3-39/h39H,1,3-36H2,2H3. The molecule has 0 aromatic rings. The Morgan fingerprint density at radius 3 is 0.579 bits per heavy atom. The molecule has 0 heterocycles. The molecule has 0 rings (SSSR count). The molecule has 1 N–H and O–H groups in total. The first-order chi connectivity index (χ1) is 28.2. The number of rotatable bonds is 51. The lowest BCUT2D eigenvalue weighted by atomic mass is 10.4. The van der Waals surface area contributed by atoms with Crippen molar-refractivity contribution in [3.8, 4) is 0 Å². The molecule has 19 nitrogen and oxygen atoms in total. The third-order valence-electron chi connectivity index (χ3n) is 6.63. The fourth-order valence-corrected chi connectivity index (χ4v) is 3.78. The van der Waals surface area contributed by atoms with E-state index >= 15 is 0 Å². The number of hydrogen-bond donors (Lipinski definition) is 1. The van der Waals surface area contributed by atoms with Crippen LogP contribution in [0.5, 0.6) is 0 Å². The average Bonchev–Trinajstić information content (AvgIpc) is 3.21. The van der Waals surface area contributed by atoms with Crippen LogP contribution in [0.1, 0.15) is 6.92 Å². The van der Waals surface area contributed by atoms with Gasteiger partial charge in [-0.25, -0.2) is 4.79 Å². The van der Waals surface area contributed by atoms with Crippen LogP contribution in [0.2, 0.25) is 0 Å². The van der Waals surface area contributed by atoms with Crippen LogP contribution in [-0.4, -0.2) is 236 Å². The first kappa shape index (κ1) is 55.5. The van der Waals surface area contributed by atoms with E-state index in [9.17, 15) is 4.79 Å². The van der Waals surface area contributed by atoms with Crippen molar-refractivity contribution in [2.24, 2.45) is 0 Å². The van der Waals surface area contributed by atoms with Gasteiger partial charge in [0.25, 0.3) is 0 Å². The van der Waals surface area contributed by atoms with Crippen molar-refractivity contribution in [2.75, 3.05) is 225 Å².